The Morgan fingerprint density at radius 3 is 2.38 bits per heavy atom. The molecule has 7 nitrogen and oxygen atoms in total. The largest absolute Gasteiger partial charge is 0.468 e. The SMILES string of the molecule is CCOC(=O)CNS(=O)(=O)C(C)C(=O)OC. The van der Waals surface area contributed by atoms with Gasteiger partial charge in [0.25, 0.3) is 0 Å². The van der Waals surface area contributed by atoms with Gasteiger partial charge in [0.05, 0.1) is 13.7 Å². The van der Waals surface area contributed by atoms with E-state index in [1.807, 2.05) is 4.72 Å². The first-order valence-electron chi connectivity index (χ1n) is 4.57. The molecule has 0 saturated heterocycles. The number of hydrogen-bond donors (Lipinski definition) is 1. The van der Waals surface area contributed by atoms with Crippen molar-refractivity contribution in [1.29, 1.82) is 0 Å². The van der Waals surface area contributed by atoms with Gasteiger partial charge < -0.3 is 9.47 Å². The maximum Gasteiger partial charge on any atom is 0.325 e. The standard InChI is InChI=1S/C8H15NO6S/c1-4-15-7(10)5-9-16(12,13)6(2)8(11)14-3/h6,9H,4-5H2,1-3H3. The summed E-state index contributed by atoms with van der Waals surface area (Å²) in [5, 5.41) is -1.37. The van der Waals surface area contributed by atoms with E-state index in [0.29, 0.717) is 0 Å². The van der Waals surface area contributed by atoms with E-state index in [2.05, 4.69) is 9.47 Å². The number of carbonyl (C=O) groups is 2. The highest BCUT2D eigenvalue weighted by atomic mass is 32.2. The minimum Gasteiger partial charge on any atom is -0.468 e. The Hall–Kier alpha value is -1.15. The van der Waals surface area contributed by atoms with Crippen molar-refractivity contribution in [2.45, 2.75) is 19.1 Å². The van der Waals surface area contributed by atoms with Gasteiger partial charge in [-0.1, -0.05) is 0 Å². The van der Waals surface area contributed by atoms with Gasteiger partial charge in [0, 0.05) is 0 Å². The second-order valence-corrected chi connectivity index (χ2v) is 4.92. The Morgan fingerprint density at radius 1 is 1.38 bits per heavy atom. The van der Waals surface area contributed by atoms with Crippen molar-refractivity contribution < 1.29 is 27.5 Å². The first-order valence-corrected chi connectivity index (χ1v) is 6.11. The third kappa shape index (κ3) is 4.58. The van der Waals surface area contributed by atoms with Crippen molar-refractivity contribution in [3.05, 3.63) is 0 Å². The van der Waals surface area contributed by atoms with Crippen molar-refractivity contribution in [2.24, 2.45) is 0 Å². The number of carbonyl (C=O) groups excluding carboxylic acids is 2. The minimum atomic E-state index is -3.91. The van der Waals surface area contributed by atoms with Crippen LogP contribution >= 0.6 is 0 Å². The summed E-state index contributed by atoms with van der Waals surface area (Å²) in [5.41, 5.74) is 0. The fraction of sp³-hybridized carbons (Fsp3) is 0.750. The van der Waals surface area contributed by atoms with Crippen LogP contribution in [-0.4, -0.2) is 45.9 Å². The van der Waals surface area contributed by atoms with E-state index < -0.39 is 33.8 Å². The third-order valence-corrected chi connectivity index (χ3v) is 3.39. The molecule has 0 aliphatic carbocycles. The number of ether oxygens (including phenoxy) is 2. The average Bonchev–Trinajstić information content (AvgIpc) is 2.25. The van der Waals surface area contributed by atoms with Crippen molar-refractivity contribution in [3.8, 4) is 0 Å². The number of methoxy groups -OCH3 is 1. The van der Waals surface area contributed by atoms with E-state index in [4.69, 9.17) is 0 Å². The van der Waals surface area contributed by atoms with E-state index in [1.54, 1.807) is 6.92 Å². The fourth-order valence-electron chi connectivity index (χ4n) is 0.789. The van der Waals surface area contributed by atoms with E-state index in [-0.39, 0.29) is 6.61 Å². The molecule has 0 aromatic carbocycles. The van der Waals surface area contributed by atoms with E-state index in [1.165, 1.54) is 6.92 Å². The van der Waals surface area contributed by atoms with Crippen molar-refractivity contribution in [1.82, 2.24) is 4.72 Å². The van der Waals surface area contributed by atoms with E-state index in [9.17, 15) is 18.0 Å². The molecule has 0 fully saturated rings. The van der Waals surface area contributed by atoms with Crippen molar-refractivity contribution in [3.63, 3.8) is 0 Å². The second-order valence-electron chi connectivity index (χ2n) is 2.84. The normalized spacial score (nSPS) is 12.9. The molecule has 0 amide bonds. The lowest BCUT2D eigenvalue weighted by Crippen LogP contribution is -2.40. The molecule has 8 heteroatoms. The fourth-order valence-corrected chi connectivity index (χ4v) is 1.71. The Kier molecular flexibility index (Phi) is 5.97. The summed E-state index contributed by atoms with van der Waals surface area (Å²) in [4.78, 5) is 21.9. The maximum atomic E-state index is 11.4. The number of rotatable bonds is 6. The Morgan fingerprint density at radius 2 is 1.94 bits per heavy atom. The zero-order chi connectivity index (χ0) is 12.8. The van der Waals surface area contributed by atoms with Crippen LogP contribution < -0.4 is 4.72 Å². The minimum absolute atomic E-state index is 0.160. The molecule has 0 aromatic heterocycles. The molecule has 1 N–H and O–H groups in total. The van der Waals surface area contributed by atoms with Crippen molar-refractivity contribution >= 4 is 22.0 Å². The lowest BCUT2D eigenvalue weighted by atomic mass is 10.5. The molecule has 0 spiro atoms. The zero-order valence-electron chi connectivity index (χ0n) is 9.35. The monoisotopic (exact) mass is 253 g/mol. The predicted molar refractivity (Wildman–Crippen MR) is 55.0 cm³/mol. The molecular formula is C8H15NO6S. The molecule has 0 aromatic rings. The molecule has 0 heterocycles. The molecule has 0 radical (unpaired) electrons. The number of sulfonamides is 1. The van der Waals surface area contributed by atoms with Crippen LogP contribution in [0.1, 0.15) is 13.8 Å². The predicted octanol–water partition coefficient (Wildman–Crippen LogP) is -0.970. The first kappa shape index (κ1) is 14.8. The van der Waals surface area contributed by atoms with Gasteiger partial charge in [0.2, 0.25) is 10.0 Å². The highest BCUT2D eigenvalue weighted by Crippen LogP contribution is 2.00. The summed E-state index contributed by atoms with van der Waals surface area (Å²) in [5.74, 6) is -1.60. The quantitative estimate of drug-likeness (QED) is 0.611. The molecule has 0 saturated carbocycles. The van der Waals surface area contributed by atoms with Crippen LogP contribution in [0.25, 0.3) is 0 Å². The number of hydrogen-bond acceptors (Lipinski definition) is 6. The maximum absolute atomic E-state index is 11.4. The molecule has 1 unspecified atom stereocenters. The van der Waals surface area contributed by atoms with Gasteiger partial charge in [-0.05, 0) is 13.8 Å². The van der Waals surface area contributed by atoms with Crippen LogP contribution in [0.3, 0.4) is 0 Å². The highest BCUT2D eigenvalue weighted by molar-refractivity contribution is 7.90. The van der Waals surface area contributed by atoms with Crippen LogP contribution in [-0.2, 0) is 29.1 Å². The lowest BCUT2D eigenvalue weighted by molar-refractivity contribution is -0.142. The zero-order valence-corrected chi connectivity index (χ0v) is 10.2. The molecule has 16 heavy (non-hydrogen) atoms. The Bertz CT molecular complexity index is 350. The van der Waals surface area contributed by atoms with Crippen LogP contribution in [0.4, 0.5) is 0 Å². The van der Waals surface area contributed by atoms with Crippen LogP contribution in [0.2, 0.25) is 0 Å². The summed E-state index contributed by atoms with van der Waals surface area (Å²) in [7, 11) is -2.83. The van der Waals surface area contributed by atoms with E-state index >= 15 is 0 Å². The van der Waals surface area contributed by atoms with Gasteiger partial charge in [0.1, 0.15) is 6.54 Å². The molecule has 0 rings (SSSR count). The highest BCUT2D eigenvalue weighted by Gasteiger charge is 2.29. The van der Waals surface area contributed by atoms with Gasteiger partial charge in [-0.15, -0.1) is 0 Å². The molecular weight excluding hydrogens is 238 g/mol. The number of nitrogens with one attached hydrogen (secondary N) is 1. The summed E-state index contributed by atoms with van der Waals surface area (Å²) < 4.78 is 33.6. The Balaban J connectivity index is 4.36. The average molecular weight is 253 g/mol. The molecule has 0 bridgehead atoms. The summed E-state index contributed by atoms with van der Waals surface area (Å²) >= 11 is 0. The van der Waals surface area contributed by atoms with Gasteiger partial charge in [0.15, 0.2) is 5.25 Å². The van der Waals surface area contributed by atoms with Gasteiger partial charge in [-0.25, -0.2) is 13.1 Å². The summed E-state index contributed by atoms with van der Waals surface area (Å²) in [6.45, 7) is 2.42. The second kappa shape index (κ2) is 6.44. The summed E-state index contributed by atoms with van der Waals surface area (Å²) in [6.07, 6.45) is 0. The van der Waals surface area contributed by atoms with Gasteiger partial charge >= 0.3 is 11.9 Å². The third-order valence-electron chi connectivity index (χ3n) is 1.72. The lowest BCUT2D eigenvalue weighted by Gasteiger charge is -2.11. The molecule has 0 aliphatic heterocycles. The van der Waals surface area contributed by atoms with Crippen molar-refractivity contribution in [2.75, 3.05) is 20.3 Å². The van der Waals surface area contributed by atoms with Gasteiger partial charge in [-0.3, -0.25) is 9.59 Å². The first-order chi connectivity index (χ1) is 7.35. The topological polar surface area (TPSA) is 98.8 Å². The van der Waals surface area contributed by atoms with Crippen LogP contribution in [0.5, 0.6) is 0 Å². The number of esters is 2. The molecule has 0 aliphatic rings. The molecule has 94 valence electrons. The Labute approximate surface area is 94.2 Å². The van der Waals surface area contributed by atoms with Crippen LogP contribution in [0, 0.1) is 0 Å². The summed E-state index contributed by atoms with van der Waals surface area (Å²) in [6, 6.07) is 0. The smallest absolute Gasteiger partial charge is 0.325 e. The van der Waals surface area contributed by atoms with Gasteiger partial charge in [-0.2, -0.15) is 0 Å². The molecule has 1 atom stereocenters. The van der Waals surface area contributed by atoms with E-state index in [0.717, 1.165) is 7.11 Å². The van der Waals surface area contributed by atoms with Crippen LogP contribution in [0.15, 0.2) is 0 Å².